The van der Waals surface area contributed by atoms with E-state index in [1.807, 2.05) is 0 Å². The minimum atomic E-state index is -0.560. The van der Waals surface area contributed by atoms with E-state index in [2.05, 4.69) is 5.32 Å². The van der Waals surface area contributed by atoms with Gasteiger partial charge in [-0.05, 0) is 36.4 Å². The molecule has 0 saturated heterocycles. The molecular weight excluding hydrogens is 286 g/mol. The molecule has 2 aromatic rings. The first-order chi connectivity index (χ1) is 10.5. The summed E-state index contributed by atoms with van der Waals surface area (Å²) in [5.74, 6) is -0.343. The summed E-state index contributed by atoms with van der Waals surface area (Å²) in [7, 11) is 0. The zero-order valence-electron chi connectivity index (χ0n) is 11.7. The van der Waals surface area contributed by atoms with Crippen LogP contribution < -0.4 is 11.1 Å². The number of nitrogens with one attached hydrogen (secondary N) is 1. The average Bonchev–Trinajstić information content (AvgIpc) is 2.50. The molecule has 0 unspecified atom stereocenters. The first-order valence-corrected chi connectivity index (χ1v) is 6.56. The van der Waals surface area contributed by atoms with Gasteiger partial charge in [0.25, 0.3) is 5.69 Å². The highest BCUT2D eigenvalue weighted by atomic mass is 16.6. The van der Waals surface area contributed by atoms with Crippen molar-refractivity contribution in [2.24, 2.45) is 0 Å². The molecule has 0 radical (unpaired) electrons. The third kappa shape index (κ3) is 3.58. The third-order valence-corrected chi connectivity index (χ3v) is 3.04. The largest absolute Gasteiger partial charge is 0.399 e. The van der Waals surface area contributed by atoms with Gasteiger partial charge in [0.2, 0.25) is 0 Å². The lowest BCUT2D eigenvalue weighted by Gasteiger charge is -2.08. The quantitative estimate of drug-likeness (QED) is 0.326. The number of Topliss-reactive ketones (excluding diaryl/α,β-unsaturated/α-hetero) is 1. The van der Waals surface area contributed by atoms with Crippen LogP contribution in [-0.2, 0) is 0 Å². The number of aliphatic hydroxyl groups is 1. The maximum atomic E-state index is 11.7. The normalized spacial score (nSPS) is 10.2. The Morgan fingerprint density at radius 2 is 1.91 bits per heavy atom. The van der Waals surface area contributed by atoms with Crippen LogP contribution in [0.4, 0.5) is 22.7 Å². The Morgan fingerprint density at radius 1 is 1.23 bits per heavy atom. The molecule has 0 aliphatic carbocycles. The molecule has 4 N–H and O–H groups in total. The molecule has 0 aliphatic rings. The molecule has 7 heteroatoms. The van der Waals surface area contributed by atoms with E-state index in [9.17, 15) is 14.9 Å². The zero-order valence-corrected chi connectivity index (χ0v) is 11.7. The molecule has 0 spiro atoms. The van der Waals surface area contributed by atoms with Crippen molar-refractivity contribution in [3.8, 4) is 0 Å². The van der Waals surface area contributed by atoms with Crippen molar-refractivity contribution in [3.05, 3.63) is 58.1 Å². The van der Waals surface area contributed by atoms with Gasteiger partial charge in [-0.15, -0.1) is 0 Å². The maximum Gasteiger partial charge on any atom is 0.293 e. The molecule has 0 fully saturated rings. The van der Waals surface area contributed by atoms with Crippen LogP contribution in [0, 0.1) is 10.1 Å². The highest BCUT2D eigenvalue weighted by Gasteiger charge is 2.17. The van der Waals surface area contributed by atoms with E-state index in [-0.39, 0.29) is 35.7 Å². The lowest BCUT2D eigenvalue weighted by atomic mass is 10.1. The van der Waals surface area contributed by atoms with Gasteiger partial charge in [0.15, 0.2) is 5.78 Å². The van der Waals surface area contributed by atoms with Gasteiger partial charge in [0.1, 0.15) is 5.69 Å². The molecule has 0 bridgehead atoms. The van der Waals surface area contributed by atoms with E-state index < -0.39 is 4.92 Å². The number of nitrogens with zero attached hydrogens (tertiary/aromatic N) is 1. The highest BCUT2D eigenvalue weighted by molar-refractivity contribution is 5.97. The summed E-state index contributed by atoms with van der Waals surface area (Å²) in [6, 6.07) is 10.9. The van der Waals surface area contributed by atoms with E-state index in [4.69, 9.17) is 10.8 Å². The number of anilines is 3. The van der Waals surface area contributed by atoms with Gasteiger partial charge in [-0.1, -0.05) is 0 Å². The summed E-state index contributed by atoms with van der Waals surface area (Å²) in [5, 5.41) is 22.9. The van der Waals surface area contributed by atoms with Crippen molar-refractivity contribution in [2.75, 3.05) is 17.7 Å². The predicted molar refractivity (Wildman–Crippen MR) is 83.3 cm³/mol. The smallest absolute Gasteiger partial charge is 0.293 e. The first-order valence-electron chi connectivity index (χ1n) is 6.56. The summed E-state index contributed by atoms with van der Waals surface area (Å²) in [6.45, 7) is -0.294. The predicted octanol–water partition coefficient (Wildman–Crippen LogP) is 2.49. The fraction of sp³-hybridized carbons (Fsp3) is 0.133. The van der Waals surface area contributed by atoms with Crippen molar-refractivity contribution in [3.63, 3.8) is 0 Å². The molecule has 0 aliphatic heterocycles. The Labute approximate surface area is 126 Å². The second-order valence-electron chi connectivity index (χ2n) is 4.63. The molecule has 2 rings (SSSR count). The van der Waals surface area contributed by atoms with Gasteiger partial charge < -0.3 is 16.2 Å². The van der Waals surface area contributed by atoms with Crippen molar-refractivity contribution in [1.29, 1.82) is 0 Å². The van der Waals surface area contributed by atoms with E-state index >= 15 is 0 Å². The second kappa shape index (κ2) is 6.68. The number of hydrogen-bond acceptors (Lipinski definition) is 6. The Bertz CT molecular complexity index is 698. The lowest BCUT2D eigenvalue weighted by Crippen LogP contribution is -2.04. The Balaban J connectivity index is 2.33. The van der Waals surface area contributed by atoms with E-state index in [0.717, 1.165) is 0 Å². The number of hydrogen-bond donors (Lipinski definition) is 3. The number of carbonyl (C=O) groups excluding carboxylic acids is 1. The fourth-order valence-electron chi connectivity index (χ4n) is 1.93. The van der Waals surface area contributed by atoms with Crippen molar-refractivity contribution >= 4 is 28.5 Å². The van der Waals surface area contributed by atoms with Crippen LogP contribution in [0.2, 0.25) is 0 Å². The fourth-order valence-corrected chi connectivity index (χ4v) is 1.93. The molecule has 0 heterocycles. The zero-order chi connectivity index (χ0) is 16.1. The number of carbonyl (C=O) groups is 1. The molecule has 7 nitrogen and oxygen atoms in total. The van der Waals surface area contributed by atoms with Crippen LogP contribution in [-0.4, -0.2) is 22.4 Å². The Hall–Kier alpha value is -2.93. The van der Waals surface area contributed by atoms with Crippen molar-refractivity contribution in [1.82, 2.24) is 0 Å². The van der Waals surface area contributed by atoms with Gasteiger partial charge in [0.05, 0.1) is 11.5 Å². The number of nitrogens with two attached hydrogens (primary N) is 1. The van der Waals surface area contributed by atoms with Crippen LogP contribution in [0.1, 0.15) is 16.8 Å². The van der Waals surface area contributed by atoms with Gasteiger partial charge in [-0.25, -0.2) is 0 Å². The Morgan fingerprint density at radius 3 is 2.50 bits per heavy atom. The summed E-state index contributed by atoms with van der Waals surface area (Å²) in [6.07, 6.45) is -0.0676. The minimum absolute atomic E-state index is 0.0676. The molecular formula is C15H15N3O4. The van der Waals surface area contributed by atoms with E-state index in [1.165, 1.54) is 18.2 Å². The number of nitrogen functional groups attached to an aromatic ring is 1. The van der Waals surface area contributed by atoms with Crippen LogP contribution in [0.3, 0.4) is 0 Å². The SMILES string of the molecule is Nc1ccc(Nc2ccc(C(=O)CCO)cc2[N+](=O)[O-])cc1. The van der Waals surface area contributed by atoms with Gasteiger partial charge >= 0.3 is 0 Å². The van der Waals surface area contributed by atoms with Crippen LogP contribution in [0.25, 0.3) is 0 Å². The summed E-state index contributed by atoms with van der Waals surface area (Å²) >= 11 is 0. The second-order valence-corrected chi connectivity index (χ2v) is 4.63. The summed E-state index contributed by atoms with van der Waals surface area (Å²) in [4.78, 5) is 22.3. The van der Waals surface area contributed by atoms with Gasteiger partial charge in [0, 0.05) is 29.4 Å². The molecule has 0 amide bonds. The number of rotatable bonds is 6. The van der Waals surface area contributed by atoms with E-state index in [0.29, 0.717) is 11.4 Å². The number of nitro benzene ring substituents is 1. The number of benzene rings is 2. The number of nitro groups is 1. The Kier molecular flexibility index (Phi) is 4.70. The van der Waals surface area contributed by atoms with Gasteiger partial charge in [-0.3, -0.25) is 14.9 Å². The van der Waals surface area contributed by atoms with Gasteiger partial charge in [-0.2, -0.15) is 0 Å². The van der Waals surface area contributed by atoms with Crippen LogP contribution in [0.5, 0.6) is 0 Å². The lowest BCUT2D eigenvalue weighted by molar-refractivity contribution is -0.383. The highest BCUT2D eigenvalue weighted by Crippen LogP contribution is 2.29. The molecule has 0 aromatic heterocycles. The van der Waals surface area contributed by atoms with Crippen LogP contribution in [0.15, 0.2) is 42.5 Å². The summed E-state index contributed by atoms with van der Waals surface area (Å²) < 4.78 is 0. The topological polar surface area (TPSA) is 118 Å². The number of ketones is 1. The monoisotopic (exact) mass is 301 g/mol. The molecule has 2 aromatic carbocycles. The molecule has 114 valence electrons. The van der Waals surface area contributed by atoms with Crippen molar-refractivity contribution < 1.29 is 14.8 Å². The minimum Gasteiger partial charge on any atom is -0.399 e. The van der Waals surface area contributed by atoms with E-state index in [1.54, 1.807) is 24.3 Å². The molecule has 0 saturated carbocycles. The maximum absolute atomic E-state index is 11.7. The number of aliphatic hydroxyl groups excluding tert-OH is 1. The first kappa shape index (κ1) is 15.5. The van der Waals surface area contributed by atoms with Crippen molar-refractivity contribution in [2.45, 2.75) is 6.42 Å². The molecule has 0 atom stereocenters. The third-order valence-electron chi connectivity index (χ3n) is 3.04. The average molecular weight is 301 g/mol. The van der Waals surface area contributed by atoms with Crippen LogP contribution >= 0.6 is 0 Å². The standard InChI is InChI=1S/C15H15N3O4/c16-11-2-4-12(5-3-11)17-13-6-1-10(15(20)7-8-19)9-14(13)18(21)22/h1-6,9,17,19H,7-8,16H2. The molecule has 22 heavy (non-hydrogen) atoms. The summed E-state index contributed by atoms with van der Waals surface area (Å²) in [5.41, 5.74) is 7.08.